The number of anilines is 1. The van der Waals surface area contributed by atoms with E-state index >= 15 is 0 Å². The number of thiazole rings is 1. The molecule has 0 atom stereocenters. The summed E-state index contributed by atoms with van der Waals surface area (Å²) in [6, 6.07) is 7.93. The van der Waals surface area contributed by atoms with Gasteiger partial charge in [-0.25, -0.2) is 4.98 Å². The topological polar surface area (TPSA) is 70.7 Å². The average Bonchev–Trinajstić information content (AvgIpc) is 3.03. The summed E-state index contributed by atoms with van der Waals surface area (Å²) in [5.41, 5.74) is 2.29. The maximum atomic E-state index is 11.8. The Labute approximate surface area is 120 Å². The van der Waals surface area contributed by atoms with E-state index in [2.05, 4.69) is 20.5 Å². The molecule has 3 aromatic rings. The van der Waals surface area contributed by atoms with Gasteiger partial charge in [0.15, 0.2) is 0 Å². The lowest BCUT2D eigenvalue weighted by atomic mass is 10.2. The number of nitrogens with one attached hydrogen (secondary N) is 2. The second-order valence-corrected chi connectivity index (χ2v) is 5.81. The lowest BCUT2D eigenvalue weighted by Gasteiger charge is -2.06. The Morgan fingerprint density at radius 2 is 2.15 bits per heavy atom. The van der Waals surface area contributed by atoms with Crippen LogP contribution in [0.15, 0.2) is 30.5 Å². The molecule has 20 heavy (non-hydrogen) atoms. The molecule has 5 nitrogen and oxygen atoms in total. The lowest BCUT2D eigenvalue weighted by Crippen LogP contribution is -2.17. The van der Waals surface area contributed by atoms with Crippen LogP contribution >= 0.6 is 11.3 Å². The SMILES string of the molecule is CC(C)C(=O)Nc1c[nH]nc1-c1nc2ccccc2s1. The summed E-state index contributed by atoms with van der Waals surface area (Å²) < 4.78 is 1.10. The van der Waals surface area contributed by atoms with Crippen molar-refractivity contribution >= 4 is 33.1 Å². The zero-order valence-corrected chi connectivity index (χ0v) is 12.0. The molecule has 0 fully saturated rings. The van der Waals surface area contributed by atoms with E-state index in [1.807, 2.05) is 38.1 Å². The van der Waals surface area contributed by atoms with Crippen LogP contribution in [0.3, 0.4) is 0 Å². The van der Waals surface area contributed by atoms with Crippen molar-refractivity contribution in [1.82, 2.24) is 15.2 Å². The van der Waals surface area contributed by atoms with Crippen molar-refractivity contribution in [3.63, 3.8) is 0 Å². The number of para-hydroxylation sites is 1. The second kappa shape index (κ2) is 5.05. The van der Waals surface area contributed by atoms with Crippen LogP contribution in [0.2, 0.25) is 0 Å². The van der Waals surface area contributed by atoms with Crippen molar-refractivity contribution in [1.29, 1.82) is 0 Å². The number of nitrogens with zero attached hydrogens (tertiary/aromatic N) is 2. The summed E-state index contributed by atoms with van der Waals surface area (Å²) in [7, 11) is 0. The number of carbonyl (C=O) groups excluding carboxylic acids is 1. The molecule has 0 aliphatic heterocycles. The molecule has 2 N–H and O–H groups in total. The first-order valence-electron chi connectivity index (χ1n) is 6.35. The number of aromatic amines is 1. The first-order valence-corrected chi connectivity index (χ1v) is 7.17. The Morgan fingerprint density at radius 3 is 2.90 bits per heavy atom. The zero-order chi connectivity index (χ0) is 14.1. The van der Waals surface area contributed by atoms with Crippen LogP contribution in [-0.4, -0.2) is 21.1 Å². The number of H-pyrrole nitrogens is 1. The molecule has 6 heteroatoms. The molecule has 0 aliphatic rings. The van der Waals surface area contributed by atoms with Crippen LogP contribution in [0.1, 0.15) is 13.8 Å². The van der Waals surface area contributed by atoms with Crippen LogP contribution in [-0.2, 0) is 4.79 Å². The molecule has 2 heterocycles. The third-order valence-corrected chi connectivity index (χ3v) is 3.96. The molecule has 0 spiro atoms. The van der Waals surface area contributed by atoms with Crippen molar-refractivity contribution in [2.75, 3.05) is 5.32 Å². The highest BCUT2D eigenvalue weighted by atomic mass is 32.1. The molecule has 1 aromatic carbocycles. The molecule has 3 rings (SSSR count). The molecule has 0 saturated carbocycles. The highest BCUT2D eigenvalue weighted by Gasteiger charge is 2.16. The highest BCUT2D eigenvalue weighted by molar-refractivity contribution is 7.21. The van der Waals surface area contributed by atoms with Crippen LogP contribution < -0.4 is 5.32 Å². The Bertz CT molecular complexity index is 726. The summed E-state index contributed by atoms with van der Waals surface area (Å²) >= 11 is 1.56. The van der Waals surface area contributed by atoms with Crippen molar-refractivity contribution < 1.29 is 4.79 Å². The molecule has 0 bridgehead atoms. The van der Waals surface area contributed by atoms with Gasteiger partial charge in [0.05, 0.1) is 15.9 Å². The minimum absolute atomic E-state index is 0.0336. The average molecular weight is 286 g/mol. The highest BCUT2D eigenvalue weighted by Crippen LogP contribution is 2.32. The predicted octanol–water partition coefficient (Wildman–Crippen LogP) is 3.28. The summed E-state index contributed by atoms with van der Waals surface area (Å²) in [4.78, 5) is 16.3. The van der Waals surface area contributed by atoms with E-state index in [1.165, 1.54) is 0 Å². The number of aromatic nitrogens is 3. The van der Waals surface area contributed by atoms with Crippen molar-refractivity contribution in [3.8, 4) is 10.7 Å². The number of amides is 1. The Morgan fingerprint density at radius 1 is 1.35 bits per heavy atom. The number of rotatable bonds is 3. The summed E-state index contributed by atoms with van der Waals surface area (Å²) in [6.07, 6.45) is 1.68. The van der Waals surface area contributed by atoms with Gasteiger partial charge < -0.3 is 5.32 Å². The predicted molar refractivity (Wildman–Crippen MR) is 80.7 cm³/mol. The van der Waals surface area contributed by atoms with E-state index in [9.17, 15) is 4.79 Å². The Kier molecular flexibility index (Phi) is 3.23. The Balaban J connectivity index is 1.98. The maximum Gasteiger partial charge on any atom is 0.227 e. The van der Waals surface area contributed by atoms with Crippen molar-refractivity contribution in [2.45, 2.75) is 13.8 Å². The molecule has 0 saturated heterocycles. The van der Waals surface area contributed by atoms with E-state index in [-0.39, 0.29) is 11.8 Å². The van der Waals surface area contributed by atoms with Crippen LogP contribution in [0.4, 0.5) is 5.69 Å². The number of carbonyl (C=O) groups is 1. The maximum absolute atomic E-state index is 11.8. The zero-order valence-electron chi connectivity index (χ0n) is 11.2. The van der Waals surface area contributed by atoms with Gasteiger partial charge in [-0.05, 0) is 12.1 Å². The van der Waals surface area contributed by atoms with E-state index in [0.717, 1.165) is 15.2 Å². The minimum atomic E-state index is -0.0758. The minimum Gasteiger partial charge on any atom is -0.323 e. The monoisotopic (exact) mass is 286 g/mol. The third-order valence-electron chi connectivity index (χ3n) is 2.92. The van der Waals surface area contributed by atoms with Gasteiger partial charge in [0.2, 0.25) is 5.91 Å². The van der Waals surface area contributed by atoms with Crippen LogP contribution in [0.25, 0.3) is 20.9 Å². The van der Waals surface area contributed by atoms with E-state index < -0.39 is 0 Å². The fourth-order valence-electron chi connectivity index (χ4n) is 1.80. The number of hydrogen-bond donors (Lipinski definition) is 2. The third kappa shape index (κ3) is 2.30. The van der Waals surface area contributed by atoms with Gasteiger partial charge in [-0.2, -0.15) is 5.10 Å². The smallest absolute Gasteiger partial charge is 0.227 e. The molecule has 0 aliphatic carbocycles. The molecule has 1 amide bonds. The molecular formula is C14H14N4OS. The van der Waals surface area contributed by atoms with Gasteiger partial charge in [0, 0.05) is 12.1 Å². The van der Waals surface area contributed by atoms with Gasteiger partial charge >= 0.3 is 0 Å². The number of hydrogen-bond acceptors (Lipinski definition) is 4. The van der Waals surface area contributed by atoms with Gasteiger partial charge in [-0.15, -0.1) is 11.3 Å². The molecule has 0 unspecified atom stereocenters. The van der Waals surface area contributed by atoms with E-state index in [0.29, 0.717) is 11.4 Å². The first-order chi connectivity index (χ1) is 9.65. The fourth-order valence-corrected chi connectivity index (χ4v) is 2.77. The molecule has 2 aromatic heterocycles. The molecular weight excluding hydrogens is 272 g/mol. The normalized spacial score (nSPS) is 11.2. The van der Waals surface area contributed by atoms with Gasteiger partial charge in [-0.1, -0.05) is 26.0 Å². The lowest BCUT2D eigenvalue weighted by molar-refractivity contribution is -0.118. The quantitative estimate of drug-likeness (QED) is 0.776. The van der Waals surface area contributed by atoms with Gasteiger partial charge in [0.25, 0.3) is 0 Å². The Hall–Kier alpha value is -2.21. The summed E-state index contributed by atoms with van der Waals surface area (Å²) in [6.45, 7) is 3.71. The summed E-state index contributed by atoms with van der Waals surface area (Å²) in [5, 5.41) is 10.7. The fraction of sp³-hybridized carbons (Fsp3) is 0.214. The largest absolute Gasteiger partial charge is 0.323 e. The number of benzene rings is 1. The van der Waals surface area contributed by atoms with Crippen molar-refractivity contribution in [3.05, 3.63) is 30.5 Å². The second-order valence-electron chi connectivity index (χ2n) is 4.78. The molecule has 102 valence electrons. The van der Waals surface area contributed by atoms with E-state index in [1.54, 1.807) is 17.5 Å². The number of fused-ring (bicyclic) bond motifs is 1. The molecule has 0 radical (unpaired) electrons. The standard InChI is InChI=1S/C14H14N4OS/c1-8(2)13(19)16-10-7-15-18-12(10)14-17-9-5-3-4-6-11(9)20-14/h3-8H,1-2H3,(H,15,18)(H,16,19). The van der Waals surface area contributed by atoms with E-state index in [4.69, 9.17) is 0 Å². The summed E-state index contributed by atoms with van der Waals surface area (Å²) in [5.74, 6) is -0.109. The van der Waals surface area contributed by atoms with Crippen LogP contribution in [0, 0.1) is 5.92 Å². The van der Waals surface area contributed by atoms with Crippen molar-refractivity contribution in [2.24, 2.45) is 5.92 Å². The first kappa shape index (κ1) is 12.8. The van der Waals surface area contributed by atoms with Crippen LogP contribution in [0.5, 0.6) is 0 Å². The van der Waals surface area contributed by atoms with Gasteiger partial charge in [0.1, 0.15) is 10.7 Å². The van der Waals surface area contributed by atoms with Gasteiger partial charge in [-0.3, -0.25) is 9.89 Å².